The first kappa shape index (κ1) is 23.3. The summed E-state index contributed by atoms with van der Waals surface area (Å²) < 4.78 is 10.3. The lowest BCUT2D eigenvalue weighted by atomic mass is 10.0. The van der Waals surface area contributed by atoms with Crippen molar-refractivity contribution in [2.45, 2.75) is 25.9 Å². The Morgan fingerprint density at radius 2 is 1.90 bits per heavy atom. The lowest BCUT2D eigenvalue weighted by molar-refractivity contribution is 0.103. The van der Waals surface area contributed by atoms with Crippen LogP contribution in [0.15, 0.2) is 54.7 Å². The Kier molecular flexibility index (Phi) is 8.70. The average Bonchev–Trinajstić information content (AvgIpc) is 2.74. The van der Waals surface area contributed by atoms with Gasteiger partial charge in [-0.1, -0.05) is 31.5 Å². The van der Waals surface area contributed by atoms with Gasteiger partial charge in [0.1, 0.15) is 11.9 Å². The first-order valence-corrected chi connectivity index (χ1v) is 9.86. The summed E-state index contributed by atoms with van der Waals surface area (Å²) in [6.07, 6.45) is 0.130. The summed E-state index contributed by atoms with van der Waals surface area (Å²) in [7, 11) is 1.52. The highest BCUT2D eigenvalue weighted by atomic mass is 35.5. The summed E-state index contributed by atoms with van der Waals surface area (Å²) in [5.41, 5.74) is 7.56. The lowest BCUT2D eigenvalue weighted by Gasteiger charge is -2.20. The number of carbonyl (C=O) groups is 2. The van der Waals surface area contributed by atoms with E-state index in [1.807, 2.05) is 6.92 Å². The molecule has 2 rings (SSSR count). The molecule has 1 unspecified atom stereocenters. The van der Waals surface area contributed by atoms with Gasteiger partial charge in [0.2, 0.25) is 0 Å². The summed E-state index contributed by atoms with van der Waals surface area (Å²) in [4.78, 5) is 24.8. The molecule has 2 aromatic rings. The monoisotopic (exact) mass is 431 g/mol. The molecule has 0 saturated heterocycles. The van der Waals surface area contributed by atoms with E-state index in [0.29, 0.717) is 34.2 Å². The van der Waals surface area contributed by atoms with Crippen LogP contribution in [0.4, 0.5) is 10.5 Å². The van der Waals surface area contributed by atoms with Gasteiger partial charge in [-0.25, -0.2) is 4.79 Å². The Balaban J connectivity index is 2.16. The van der Waals surface area contributed by atoms with Crippen LogP contribution in [-0.4, -0.2) is 31.8 Å². The normalized spacial score (nSPS) is 11.3. The molecule has 0 aromatic heterocycles. The van der Waals surface area contributed by atoms with E-state index in [9.17, 15) is 9.59 Å². The topological polar surface area (TPSA) is 103 Å². The number of benzene rings is 2. The number of nitrogens with two attached hydrogens (primary N) is 1. The van der Waals surface area contributed by atoms with Crippen LogP contribution in [-0.2, 0) is 4.74 Å². The van der Waals surface area contributed by atoms with Crippen molar-refractivity contribution in [2.24, 2.45) is 5.73 Å². The van der Waals surface area contributed by atoms with Gasteiger partial charge >= 0.3 is 6.09 Å². The quantitative estimate of drug-likeness (QED) is 0.294. The van der Waals surface area contributed by atoms with Crippen molar-refractivity contribution in [1.29, 1.82) is 0 Å². The number of anilines is 1. The number of hydrogen-bond donors (Lipinski definition) is 3. The number of methoxy groups -OCH3 is 1. The number of ether oxygens (including phenoxy) is 2. The van der Waals surface area contributed by atoms with Crippen molar-refractivity contribution >= 4 is 29.2 Å². The second-order valence-corrected chi connectivity index (χ2v) is 6.95. The minimum Gasteiger partial charge on any atom is -0.497 e. The number of rotatable bonds is 10. The van der Waals surface area contributed by atoms with Gasteiger partial charge in [-0.3, -0.25) is 4.79 Å². The zero-order valence-corrected chi connectivity index (χ0v) is 17.8. The smallest absolute Gasteiger partial charge is 0.408 e. The van der Waals surface area contributed by atoms with E-state index in [1.54, 1.807) is 42.5 Å². The highest BCUT2D eigenvalue weighted by Gasteiger charge is 2.18. The molecule has 0 fully saturated rings. The van der Waals surface area contributed by atoms with Crippen LogP contribution in [0.3, 0.4) is 0 Å². The predicted molar refractivity (Wildman–Crippen MR) is 118 cm³/mol. The molecule has 0 aliphatic carbocycles. The number of alkyl carbamates (subject to hydrolysis) is 1. The SMILES string of the molecule is C=C(Nc1ccc(OC)cc1C(=O)c1ccc(Cl)cc1)C(N)NC(=O)OCCCC. The van der Waals surface area contributed by atoms with Crippen LogP contribution in [0.5, 0.6) is 5.75 Å². The third-order valence-electron chi connectivity index (χ3n) is 4.25. The van der Waals surface area contributed by atoms with Crippen molar-refractivity contribution in [3.8, 4) is 5.75 Å². The highest BCUT2D eigenvalue weighted by Crippen LogP contribution is 2.26. The molecule has 8 heteroatoms. The van der Waals surface area contributed by atoms with Crippen LogP contribution >= 0.6 is 11.6 Å². The second-order valence-electron chi connectivity index (χ2n) is 6.51. The molecule has 4 N–H and O–H groups in total. The molecule has 1 amide bonds. The largest absolute Gasteiger partial charge is 0.497 e. The summed E-state index contributed by atoms with van der Waals surface area (Å²) in [6, 6.07) is 11.6. The first-order valence-electron chi connectivity index (χ1n) is 9.48. The van der Waals surface area contributed by atoms with Gasteiger partial charge in [-0.2, -0.15) is 0 Å². The minimum atomic E-state index is -0.917. The van der Waals surface area contributed by atoms with Gasteiger partial charge in [-0.15, -0.1) is 0 Å². The van der Waals surface area contributed by atoms with Gasteiger partial charge < -0.3 is 25.8 Å². The number of hydrogen-bond acceptors (Lipinski definition) is 6. The maximum atomic E-state index is 13.0. The predicted octanol–water partition coefficient (Wildman–Crippen LogP) is 4.32. The van der Waals surface area contributed by atoms with E-state index >= 15 is 0 Å². The number of nitrogens with one attached hydrogen (secondary N) is 2. The Labute approximate surface area is 181 Å². The zero-order chi connectivity index (χ0) is 22.1. The number of unbranched alkanes of at least 4 members (excludes halogenated alkanes) is 1. The van der Waals surface area contributed by atoms with Gasteiger partial charge in [0.15, 0.2) is 5.78 Å². The molecule has 160 valence electrons. The lowest BCUT2D eigenvalue weighted by Crippen LogP contribution is -2.44. The maximum absolute atomic E-state index is 13.0. The van der Waals surface area contributed by atoms with Crippen molar-refractivity contribution < 1.29 is 19.1 Å². The second kappa shape index (κ2) is 11.2. The van der Waals surface area contributed by atoms with Crippen LogP contribution < -0.4 is 21.1 Å². The first-order chi connectivity index (χ1) is 14.3. The van der Waals surface area contributed by atoms with Crippen molar-refractivity contribution in [2.75, 3.05) is 19.0 Å². The van der Waals surface area contributed by atoms with Crippen molar-refractivity contribution in [1.82, 2.24) is 5.32 Å². The molecule has 30 heavy (non-hydrogen) atoms. The van der Waals surface area contributed by atoms with Gasteiger partial charge in [0.05, 0.1) is 13.7 Å². The van der Waals surface area contributed by atoms with Crippen molar-refractivity contribution in [3.63, 3.8) is 0 Å². The summed E-state index contributed by atoms with van der Waals surface area (Å²) in [6.45, 7) is 6.17. The Bertz CT molecular complexity index is 900. The number of carbonyl (C=O) groups excluding carboxylic acids is 2. The summed E-state index contributed by atoms with van der Waals surface area (Å²) in [5, 5.41) is 6.04. The maximum Gasteiger partial charge on any atom is 0.408 e. The Morgan fingerprint density at radius 3 is 2.53 bits per heavy atom. The summed E-state index contributed by atoms with van der Waals surface area (Å²) >= 11 is 5.91. The fourth-order valence-electron chi connectivity index (χ4n) is 2.52. The van der Waals surface area contributed by atoms with E-state index < -0.39 is 12.3 Å². The van der Waals surface area contributed by atoms with Crippen LogP contribution in [0.25, 0.3) is 0 Å². The number of ketones is 1. The third kappa shape index (κ3) is 6.50. The van der Waals surface area contributed by atoms with E-state index in [2.05, 4.69) is 17.2 Å². The van der Waals surface area contributed by atoms with Crippen LogP contribution in [0.1, 0.15) is 35.7 Å². The van der Waals surface area contributed by atoms with Gasteiger partial charge in [-0.05, 0) is 48.9 Å². The van der Waals surface area contributed by atoms with E-state index in [0.717, 1.165) is 12.8 Å². The van der Waals surface area contributed by atoms with Crippen LogP contribution in [0, 0.1) is 0 Å². The standard InChI is InChI=1S/C22H26ClN3O4/c1-4-5-12-30-22(28)26-21(24)14(2)25-19-11-10-17(29-3)13-18(19)20(27)15-6-8-16(23)9-7-15/h6-11,13,21,25H,2,4-5,12,24H2,1,3H3,(H,26,28). The molecule has 7 nitrogen and oxygen atoms in total. The molecule has 0 heterocycles. The average molecular weight is 432 g/mol. The molecule has 0 bridgehead atoms. The van der Waals surface area contributed by atoms with Crippen molar-refractivity contribution in [3.05, 3.63) is 70.9 Å². The molecule has 0 radical (unpaired) electrons. The molecule has 0 saturated carbocycles. The van der Waals surface area contributed by atoms with Gasteiger partial charge in [0, 0.05) is 27.5 Å². The molecular weight excluding hydrogens is 406 g/mol. The minimum absolute atomic E-state index is 0.235. The zero-order valence-electron chi connectivity index (χ0n) is 17.0. The van der Waals surface area contributed by atoms with E-state index in [4.69, 9.17) is 26.8 Å². The van der Waals surface area contributed by atoms with Gasteiger partial charge in [0.25, 0.3) is 0 Å². The molecule has 0 spiro atoms. The Morgan fingerprint density at radius 1 is 1.20 bits per heavy atom. The fourth-order valence-corrected chi connectivity index (χ4v) is 2.65. The summed E-state index contributed by atoms with van der Waals surface area (Å²) in [5.74, 6) is 0.284. The third-order valence-corrected chi connectivity index (χ3v) is 4.50. The fraction of sp³-hybridized carbons (Fsp3) is 0.273. The molecular formula is C22H26ClN3O4. The molecule has 1 atom stereocenters. The Hall–Kier alpha value is -3.03. The number of halogens is 1. The van der Waals surface area contributed by atoms with E-state index in [1.165, 1.54) is 7.11 Å². The highest BCUT2D eigenvalue weighted by molar-refractivity contribution is 6.30. The number of amides is 1. The molecule has 2 aromatic carbocycles. The van der Waals surface area contributed by atoms with Crippen LogP contribution in [0.2, 0.25) is 5.02 Å². The molecule has 0 aliphatic rings. The molecule has 0 aliphatic heterocycles. The van der Waals surface area contributed by atoms with E-state index in [-0.39, 0.29) is 11.5 Å².